The third kappa shape index (κ3) is 3.78. The first-order chi connectivity index (χ1) is 12.1. The fourth-order valence-corrected chi connectivity index (χ4v) is 2.78. The molecule has 1 saturated heterocycles. The molecule has 3 rings (SSSR count). The predicted molar refractivity (Wildman–Crippen MR) is 91.6 cm³/mol. The number of nitrogens with zero attached hydrogens (tertiary/aromatic N) is 2. The zero-order valence-electron chi connectivity index (χ0n) is 13.8. The third-order valence-electron chi connectivity index (χ3n) is 4.21. The van der Waals surface area contributed by atoms with Gasteiger partial charge in [0.05, 0.1) is 24.8 Å². The number of hydrogen-bond donors (Lipinski definition) is 1. The van der Waals surface area contributed by atoms with Crippen LogP contribution in [0.25, 0.3) is 0 Å². The summed E-state index contributed by atoms with van der Waals surface area (Å²) in [5, 5.41) is 11.8. The minimum absolute atomic E-state index is 0.268. The Morgan fingerprint density at radius 3 is 2.92 bits per heavy atom. The molecule has 1 unspecified atom stereocenters. The van der Waals surface area contributed by atoms with Crippen molar-refractivity contribution in [3.05, 3.63) is 65.0 Å². The maximum absolute atomic E-state index is 14.0. The van der Waals surface area contributed by atoms with E-state index in [9.17, 15) is 9.18 Å². The first-order valence-electron chi connectivity index (χ1n) is 8.01. The van der Waals surface area contributed by atoms with Gasteiger partial charge in [-0.05, 0) is 30.7 Å². The van der Waals surface area contributed by atoms with Gasteiger partial charge in [0, 0.05) is 17.8 Å². The first-order valence-corrected chi connectivity index (χ1v) is 8.01. The topological polar surface area (TPSA) is 65.4 Å². The molecule has 5 nitrogen and oxygen atoms in total. The van der Waals surface area contributed by atoms with E-state index >= 15 is 0 Å². The monoisotopic (exact) mass is 339 g/mol. The minimum atomic E-state index is -0.493. The van der Waals surface area contributed by atoms with Crippen LogP contribution in [0, 0.1) is 24.1 Å². The van der Waals surface area contributed by atoms with Crippen molar-refractivity contribution in [1.29, 1.82) is 5.26 Å². The van der Waals surface area contributed by atoms with Crippen LogP contribution in [-0.2, 0) is 4.74 Å². The highest BCUT2D eigenvalue weighted by atomic mass is 19.1. The Hall–Kier alpha value is -2.91. The first kappa shape index (κ1) is 16.9. The second kappa shape index (κ2) is 7.32. The van der Waals surface area contributed by atoms with Crippen LogP contribution in [0.4, 0.5) is 14.9 Å². The van der Waals surface area contributed by atoms with Gasteiger partial charge < -0.3 is 15.0 Å². The number of benzene rings is 2. The molecule has 0 radical (unpaired) electrons. The number of hydrogen-bond acceptors (Lipinski definition) is 3. The quantitative estimate of drug-likeness (QED) is 0.909. The number of morpholine rings is 1. The fourth-order valence-electron chi connectivity index (χ4n) is 2.78. The molecule has 1 atom stereocenters. The summed E-state index contributed by atoms with van der Waals surface area (Å²) in [6, 6.07) is 13.3. The van der Waals surface area contributed by atoms with Gasteiger partial charge in [-0.1, -0.05) is 24.3 Å². The summed E-state index contributed by atoms with van der Waals surface area (Å²) in [6.45, 7) is 2.89. The van der Waals surface area contributed by atoms with Crippen LogP contribution in [-0.4, -0.2) is 30.6 Å². The summed E-state index contributed by atoms with van der Waals surface area (Å²) < 4.78 is 19.6. The molecule has 128 valence electrons. The van der Waals surface area contributed by atoms with Gasteiger partial charge in [0.15, 0.2) is 0 Å². The van der Waals surface area contributed by atoms with Gasteiger partial charge in [0.25, 0.3) is 0 Å². The number of carbonyl (C=O) groups excluding carboxylic acids is 1. The molecule has 25 heavy (non-hydrogen) atoms. The normalized spacial score (nSPS) is 17.0. The fraction of sp³-hybridized carbons (Fsp3) is 0.263. The number of carbonyl (C=O) groups is 1. The second-order valence-corrected chi connectivity index (χ2v) is 5.90. The molecule has 0 aromatic heterocycles. The van der Waals surface area contributed by atoms with E-state index in [0.717, 1.165) is 5.56 Å². The third-order valence-corrected chi connectivity index (χ3v) is 4.21. The van der Waals surface area contributed by atoms with E-state index < -0.39 is 6.10 Å². The highest BCUT2D eigenvalue weighted by Gasteiger charge is 2.27. The number of urea groups is 1. The summed E-state index contributed by atoms with van der Waals surface area (Å²) >= 11 is 0. The number of halogens is 1. The van der Waals surface area contributed by atoms with E-state index in [1.54, 1.807) is 41.3 Å². The van der Waals surface area contributed by atoms with Gasteiger partial charge >= 0.3 is 6.03 Å². The lowest BCUT2D eigenvalue weighted by Crippen LogP contribution is -2.44. The molecule has 6 heteroatoms. The largest absolute Gasteiger partial charge is 0.370 e. The summed E-state index contributed by atoms with van der Waals surface area (Å²) in [7, 11) is 0. The summed E-state index contributed by atoms with van der Waals surface area (Å²) in [4.78, 5) is 14.2. The van der Waals surface area contributed by atoms with Crippen molar-refractivity contribution in [3.63, 3.8) is 0 Å². The summed E-state index contributed by atoms with van der Waals surface area (Å²) in [5.41, 5.74) is 2.39. The molecule has 2 aromatic carbocycles. The van der Waals surface area contributed by atoms with E-state index in [1.807, 2.05) is 6.92 Å². The second-order valence-electron chi connectivity index (χ2n) is 5.90. The Bertz CT molecular complexity index is 832. The van der Waals surface area contributed by atoms with Crippen LogP contribution in [0.2, 0.25) is 0 Å². The Labute approximate surface area is 145 Å². The Kier molecular flexibility index (Phi) is 4.96. The average molecular weight is 339 g/mol. The SMILES string of the molecule is Cc1ccc(C#N)cc1NC(=O)N1CCOC(c2ccccc2F)C1. The lowest BCUT2D eigenvalue weighted by atomic mass is 10.1. The lowest BCUT2D eigenvalue weighted by molar-refractivity contribution is -0.0152. The van der Waals surface area contributed by atoms with Crippen molar-refractivity contribution in [3.8, 4) is 6.07 Å². The van der Waals surface area contributed by atoms with Gasteiger partial charge in [0.1, 0.15) is 11.9 Å². The highest BCUT2D eigenvalue weighted by molar-refractivity contribution is 5.90. The van der Waals surface area contributed by atoms with Gasteiger partial charge in [0.2, 0.25) is 0 Å². The molecule has 0 spiro atoms. The van der Waals surface area contributed by atoms with E-state index in [4.69, 9.17) is 10.00 Å². The highest BCUT2D eigenvalue weighted by Crippen LogP contribution is 2.25. The molecule has 1 fully saturated rings. The molecule has 0 saturated carbocycles. The Morgan fingerprint density at radius 2 is 2.16 bits per heavy atom. The van der Waals surface area contributed by atoms with E-state index in [1.165, 1.54) is 6.07 Å². The smallest absolute Gasteiger partial charge is 0.322 e. The average Bonchev–Trinajstić information content (AvgIpc) is 2.64. The molecule has 2 amide bonds. The maximum Gasteiger partial charge on any atom is 0.322 e. The van der Waals surface area contributed by atoms with Gasteiger partial charge in [-0.2, -0.15) is 5.26 Å². The molecular formula is C19H18FN3O2. The minimum Gasteiger partial charge on any atom is -0.370 e. The molecule has 0 bridgehead atoms. The van der Waals surface area contributed by atoms with Crippen molar-refractivity contribution in [2.24, 2.45) is 0 Å². The van der Waals surface area contributed by atoms with Crippen molar-refractivity contribution in [2.75, 3.05) is 25.0 Å². The predicted octanol–water partition coefficient (Wildman–Crippen LogP) is 3.61. The van der Waals surface area contributed by atoms with Gasteiger partial charge in [-0.3, -0.25) is 0 Å². The summed E-state index contributed by atoms with van der Waals surface area (Å²) in [6.07, 6.45) is -0.493. The molecule has 1 aliphatic heterocycles. The zero-order chi connectivity index (χ0) is 17.8. The van der Waals surface area contributed by atoms with Crippen LogP contribution in [0.3, 0.4) is 0 Å². The number of aryl methyl sites for hydroxylation is 1. The van der Waals surface area contributed by atoms with Crippen molar-refractivity contribution >= 4 is 11.7 Å². The maximum atomic E-state index is 14.0. The zero-order valence-corrected chi connectivity index (χ0v) is 13.8. The van der Waals surface area contributed by atoms with Crippen LogP contribution >= 0.6 is 0 Å². The molecule has 1 N–H and O–H groups in total. The number of anilines is 1. The van der Waals surface area contributed by atoms with Crippen molar-refractivity contribution in [1.82, 2.24) is 4.90 Å². The van der Waals surface area contributed by atoms with Crippen molar-refractivity contribution in [2.45, 2.75) is 13.0 Å². The molecule has 1 heterocycles. The van der Waals surface area contributed by atoms with Gasteiger partial charge in [-0.25, -0.2) is 9.18 Å². The molecular weight excluding hydrogens is 321 g/mol. The molecule has 1 aliphatic rings. The number of rotatable bonds is 2. The number of nitriles is 1. The lowest BCUT2D eigenvalue weighted by Gasteiger charge is -2.33. The molecule has 2 aromatic rings. The molecule has 0 aliphatic carbocycles. The van der Waals surface area contributed by atoms with Crippen LogP contribution < -0.4 is 5.32 Å². The Morgan fingerprint density at radius 1 is 1.36 bits per heavy atom. The number of amides is 2. The Balaban J connectivity index is 1.73. The van der Waals surface area contributed by atoms with E-state index in [2.05, 4.69) is 11.4 Å². The van der Waals surface area contributed by atoms with Crippen molar-refractivity contribution < 1.29 is 13.9 Å². The van der Waals surface area contributed by atoms with Crippen LogP contribution in [0.15, 0.2) is 42.5 Å². The van der Waals surface area contributed by atoms with Crippen LogP contribution in [0.5, 0.6) is 0 Å². The summed E-state index contributed by atoms with van der Waals surface area (Å²) in [5.74, 6) is -0.340. The van der Waals surface area contributed by atoms with Gasteiger partial charge in [-0.15, -0.1) is 0 Å². The van der Waals surface area contributed by atoms with E-state index in [-0.39, 0.29) is 18.4 Å². The van der Waals surface area contributed by atoms with Crippen LogP contribution in [0.1, 0.15) is 22.8 Å². The standard InChI is InChI=1S/C19H18FN3O2/c1-13-6-7-14(11-21)10-17(13)22-19(24)23-8-9-25-18(12-23)15-4-2-3-5-16(15)20/h2-7,10,18H,8-9,12H2,1H3,(H,22,24). The van der Waals surface area contributed by atoms with E-state index in [0.29, 0.717) is 30.0 Å². The number of ether oxygens (including phenoxy) is 1. The number of nitrogens with one attached hydrogen (secondary N) is 1.